The van der Waals surface area contributed by atoms with Crippen LogP contribution in [-0.4, -0.2) is 36.1 Å². The fraction of sp³-hybridized carbons (Fsp3) is 0.458. The first-order chi connectivity index (χ1) is 14.6. The molecule has 1 saturated heterocycles. The second-order valence-electron chi connectivity index (χ2n) is 8.52. The first kappa shape index (κ1) is 21.1. The maximum atomic E-state index is 13.3. The van der Waals surface area contributed by atoms with E-state index in [1.807, 2.05) is 12.1 Å². The highest BCUT2D eigenvalue weighted by atomic mass is 35.5. The molecule has 4 nitrogen and oxygen atoms in total. The summed E-state index contributed by atoms with van der Waals surface area (Å²) < 4.78 is 13.3. The van der Waals surface area contributed by atoms with E-state index in [4.69, 9.17) is 11.6 Å². The summed E-state index contributed by atoms with van der Waals surface area (Å²) in [6, 6.07) is 14.5. The second-order valence-corrected chi connectivity index (χ2v) is 8.96. The van der Waals surface area contributed by atoms with Crippen LogP contribution >= 0.6 is 11.6 Å². The van der Waals surface area contributed by atoms with Gasteiger partial charge in [-0.25, -0.2) is 9.18 Å². The van der Waals surface area contributed by atoms with Crippen molar-refractivity contribution < 1.29 is 9.18 Å². The van der Waals surface area contributed by atoms with Crippen LogP contribution in [0, 0.1) is 11.7 Å². The number of halogens is 2. The highest BCUT2D eigenvalue weighted by Gasteiger charge is 2.35. The summed E-state index contributed by atoms with van der Waals surface area (Å²) in [6.45, 7) is 2.15. The van der Waals surface area contributed by atoms with E-state index in [9.17, 15) is 9.18 Å². The van der Waals surface area contributed by atoms with Crippen LogP contribution in [-0.2, 0) is 6.42 Å². The normalized spacial score (nSPS) is 22.7. The van der Waals surface area contributed by atoms with Gasteiger partial charge in [0.1, 0.15) is 5.82 Å². The van der Waals surface area contributed by atoms with Gasteiger partial charge in [-0.1, -0.05) is 29.8 Å². The van der Waals surface area contributed by atoms with Crippen molar-refractivity contribution >= 4 is 23.3 Å². The molecule has 2 aliphatic rings. The van der Waals surface area contributed by atoms with Gasteiger partial charge in [0.25, 0.3) is 0 Å². The molecule has 0 aromatic heterocycles. The lowest BCUT2D eigenvalue weighted by molar-refractivity contribution is 0.119. The van der Waals surface area contributed by atoms with Crippen LogP contribution in [0.25, 0.3) is 0 Å². The van der Waals surface area contributed by atoms with Crippen LogP contribution in [0.15, 0.2) is 48.5 Å². The van der Waals surface area contributed by atoms with Gasteiger partial charge in [0.2, 0.25) is 0 Å². The molecule has 2 aromatic rings. The highest BCUT2D eigenvalue weighted by Crippen LogP contribution is 2.30. The van der Waals surface area contributed by atoms with E-state index in [1.54, 1.807) is 12.1 Å². The molecule has 6 heteroatoms. The lowest BCUT2D eigenvalue weighted by Crippen LogP contribution is -2.52. The first-order valence-electron chi connectivity index (χ1n) is 10.9. The zero-order valence-electron chi connectivity index (χ0n) is 17.1. The zero-order chi connectivity index (χ0) is 20.9. The van der Waals surface area contributed by atoms with Gasteiger partial charge in [-0.3, -0.25) is 4.90 Å². The van der Waals surface area contributed by atoms with Crippen LogP contribution in [0.5, 0.6) is 0 Å². The Morgan fingerprint density at radius 3 is 2.57 bits per heavy atom. The Balaban J connectivity index is 1.26. The number of nitrogens with zero attached hydrogens (tertiary/aromatic N) is 1. The summed E-state index contributed by atoms with van der Waals surface area (Å²) in [6.07, 6.45) is 6.70. The summed E-state index contributed by atoms with van der Waals surface area (Å²) in [5.41, 5.74) is 1.83. The van der Waals surface area contributed by atoms with Crippen molar-refractivity contribution in [3.8, 4) is 0 Å². The van der Waals surface area contributed by atoms with Crippen LogP contribution < -0.4 is 10.6 Å². The number of anilines is 1. The second kappa shape index (κ2) is 9.80. The number of piperidine rings is 1. The van der Waals surface area contributed by atoms with Crippen LogP contribution in [0.3, 0.4) is 0 Å². The number of nitrogens with one attached hydrogen (secondary N) is 2. The number of amides is 2. The quantitative estimate of drug-likeness (QED) is 0.661. The molecule has 30 heavy (non-hydrogen) atoms. The molecule has 2 amide bonds. The molecule has 2 aromatic carbocycles. The van der Waals surface area contributed by atoms with E-state index in [0.717, 1.165) is 43.8 Å². The Labute approximate surface area is 182 Å². The smallest absolute Gasteiger partial charge is 0.319 e. The number of hydrogen-bond donors (Lipinski definition) is 2. The molecule has 1 saturated carbocycles. The molecule has 0 unspecified atom stereocenters. The van der Waals surface area contributed by atoms with E-state index in [1.165, 1.54) is 30.5 Å². The Morgan fingerprint density at radius 2 is 1.83 bits per heavy atom. The maximum absolute atomic E-state index is 13.3. The van der Waals surface area contributed by atoms with Crippen molar-refractivity contribution in [2.45, 2.75) is 50.6 Å². The van der Waals surface area contributed by atoms with Gasteiger partial charge in [0, 0.05) is 22.8 Å². The third-order valence-electron chi connectivity index (χ3n) is 6.43. The van der Waals surface area contributed by atoms with E-state index in [-0.39, 0.29) is 17.9 Å². The molecule has 1 aliphatic carbocycles. The molecular formula is C24H29ClFN3O. The number of carbonyl (C=O) groups excluding carboxylic acids is 1. The minimum absolute atomic E-state index is 0.145. The van der Waals surface area contributed by atoms with Crippen molar-refractivity contribution in [1.82, 2.24) is 10.2 Å². The predicted molar refractivity (Wildman–Crippen MR) is 119 cm³/mol. The minimum atomic E-state index is -0.354. The van der Waals surface area contributed by atoms with Crippen LogP contribution in [0.1, 0.15) is 37.7 Å². The van der Waals surface area contributed by atoms with Gasteiger partial charge in [-0.05, 0) is 93.4 Å². The third-order valence-corrected chi connectivity index (χ3v) is 6.69. The fourth-order valence-electron chi connectivity index (χ4n) is 4.89. The van der Waals surface area contributed by atoms with Gasteiger partial charge < -0.3 is 10.6 Å². The van der Waals surface area contributed by atoms with E-state index in [0.29, 0.717) is 17.6 Å². The number of likely N-dealkylation sites (tertiary alicyclic amines) is 1. The van der Waals surface area contributed by atoms with Crippen molar-refractivity contribution in [3.63, 3.8) is 0 Å². The lowest BCUT2D eigenvalue weighted by atomic mass is 9.89. The Kier molecular flexibility index (Phi) is 6.90. The summed E-state index contributed by atoms with van der Waals surface area (Å²) in [5.74, 6) is 0.347. The molecular weight excluding hydrogens is 401 g/mol. The van der Waals surface area contributed by atoms with Crippen LogP contribution in [0.2, 0.25) is 5.02 Å². The number of carbonyl (C=O) groups is 1. The van der Waals surface area contributed by atoms with Gasteiger partial charge in [-0.15, -0.1) is 0 Å². The number of urea groups is 1. The topological polar surface area (TPSA) is 44.4 Å². The van der Waals surface area contributed by atoms with E-state index >= 15 is 0 Å². The van der Waals surface area contributed by atoms with Gasteiger partial charge >= 0.3 is 6.03 Å². The van der Waals surface area contributed by atoms with E-state index in [2.05, 4.69) is 27.7 Å². The first-order valence-corrected chi connectivity index (χ1v) is 11.3. The molecule has 1 heterocycles. The van der Waals surface area contributed by atoms with E-state index < -0.39 is 0 Å². The molecule has 0 spiro atoms. The summed E-state index contributed by atoms with van der Waals surface area (Å²) in [5, 5.41) is 6.66. The zero-order valence-corrected chi connectivity index (χ0v) is 17.9. The van der Waals surface area contributed by atoms with Gasteiger partial charge in [0.05, 0.1) is 0 Å². The largest absolute Gasteiger partial charge is 0.334 e. The SMILES string of the molecule is O=C(Nc1cccc(F)c1)N[C@@H]1CCC[C@H]1N1CCC(Cc2ccc(Cl)cc2)CC1. The Morgan fingerprint density at radius 1 is 1.07 bits per heavy atom. The monoisotopic (exact) mass is 429 g/mol. The summed E-state index contributed by atoms with van der Waals surface area (Å²) in [4.78, 5) is 15.0. The van der Waals surface area contributed by atoms with Gasteiger partial charge in [-0.2, -0.15) is 0 Å². The third kappa shape index (κ3) is 5.52. The van der Waals surface area contributed by atoms with Crippen molar-refractivity contribution in [1.29, 1.82) is 0 Å². The maximum Gasteiger partial charge on any atom is 0.319 e. The molecule has 0 bridgehead atoms. The standard InChI is InChI=1S/C24H29ClFN3O/c25-19-9-7-17(8-10-19)15-18-11-13-29(14-12-18)23-6-2-5-22(23)28-24(30)27-21-4-1-3-20(26)16-21/h1,3-4,7-10,16,18,22-23H,2,5-6,11-15H2,(H2,27,28,30)/t22-,23-/m1/s1. The molecule has 2 fully saturated rings. The Bertz CT molecular complexity index is 852. The summed E-state index contributed by atoms with van der Waals surface area (Å²) >= 11 is 5.99. The molecule has 4 rings (SSSR count). The molecule has 1 aliphatic heterocycles. The lowest BCUT2D eigenvalue weighted by Gasteiger charge is -2.38. The molecule has 2 N–H and O–H groups in total. The van der Waals surface area contributed by atoms with Gasteiger partial charge in [0.15, 0.2) is 0 Å². The number of hydrogen-bond acceptors (Lipinski definition) is 2. The number of rotatable bonds is 5. The predicted octanol–water partition coefficient (Wildman–Crippen LogP) is 5.48. The number of benzene rings is 2. The van der Waals surface area contributed by atoms with Crippen molar-refractivity contribution in [2.24, 2.45) is 5.92 Å². The average Bonchev–Trinajstić information content (AvgIpc) is 3.18. The summed E-state index contributed by atoms with van der Waals surface area (Å²) in [7, 11) is 0. The minimum Gasteiger partial charge on any atom is -0.334 e. The molecule has 2 atom stereocenters. The Hall–Kier alpha value is -2.11. The van der Waals surface area contributed by atoms with Crippen molar-refractivity contribution in [2.75, 3.05) is 18.4 Å². The van der Waals surface area contributed by atoms with Crippen molar-refractivity contribution in [3.05, 3.63) is 64.9 Å². The molecule has 0 radical (unpaired) electrons. The molecule has 160 valence electrons. The highest BCUT2D eigenvalue weighted by molar-refractivity contribution is 6.30. The average molecular weight is 430 g/mol. The fourth-order valence-corrected chi connectivity index (χ4v) is 5.02. The van der Waals surface area contributed by atoms with Crippen LogP contribution in [0.4, 0.5) is 14.9 Å².